The molecule has 1 aromatic heterocycles. The lowest BCUT2D eigenvalue weighted by atomic mass is 10.1. The van der Waals surface area contributed by atoms with Gasteiger partial charge in [0, 0.05) is 49.0 Å². The molecule has 4 rings (SSSR count). The Bertz CT molecular complexity index is 849. The predicted molar refractivity (Wildman–Crippen MR) is 108 cm³/mol. The van der Waals surface area contributed by atoms with Crippen LogP contribution in [0.3, 0.4) is 0 Å². The molecule has 1 saturated heterocycles. The van der Waals surface area contributed by atoms with Gasteiger partial charge >= 0.3 is 6.03 Å². The van der Waals surface area contributed by atoms with Gasteiger partial charge in [0.05, 0.1) is 18.9 Å². The average molecular weight is 382 g/mol. The summed E-state index contributed by atoms with van der Waals surface area (Å²) in [6.45, 7) is 8.49. The number of benzene rings is 1. The van der Waals surface area contributed by atoms with Gasteiger partial charge in [-0.25, -0.2) is 14.8 Å². The van der Waals surface area contributed by atoms with E-state index >= 15 is 0 Å². The van der Waals surface area contributed by atoms with Crippen LogP contribution in [0.1, 0.15) is 31.1 Å². The molecule has 8 heteroatoms. The Hall–Kier alpha value is -2.71. The highest BCUT2D eigenvalue weighted by Gasteiger charge is 2.28. The standard InChI is InChI=1S/C20H26N6O2/c1-3-21-20(27)23-15-6-4-14(5-7-15)18-24-16-12-22-13(2)17(16)19(25-18)26-8-10-28-11-9-26/h4-7,13,22H,3,8-12H2,1-2H3,(H2,21,23,27). The van der Waals surface area contributed by atoms with Crippen LogP contribution in [0.4, 0.5) is 16.3 Å². The quantitative estimate of drug-likeness (QED) is 0.752. The molecule has 1 fully saturated rings. The number of hydrogen-bond donors (Lipinski definition) is 3. The van der Waals surface area contributed by atoms with E-state index in [1.54, 1.807) is 0 Å². The number of amides is 2. The number of aromatic nitrogens is 2. The zero-order valence-corrected chi connectivity index (χ0v) is 16.3. The van der Waals surface area contributed by atoms with Crippen LogP contribution >= 0.6 is 0 Å². The van der Waals surface area contributed by atoms with E-state index in [1.807, 2.05) is 31.2 Å². The zero-order valence-electron chi connectivity index (χ0n) is 16.3. The normalized spacial score (nSPS) is 18.6. The molecule has 2 aliphatic heterocycles. The smallest absolute Gasteiger partial charge is 0.319 e. The van der Waals surface area contributed by atoms with Crippen molar-refractivity contribution in [3.05, 3.63) is 35.5 Å². The lowest BCUT2D eigenvalue weighted by Gasteiger charge is -2.30. The number of rotatable bonds is 4. The third-order valence-corrected chi connectivity index (χ3v) is 5.06. The topological polar surface area (TPSA) is 91.4 Å². The Balaban J connectivity index is 1.64. The van der Waals surface area contributed by atoms with Crippen molar-refractivity contribution >= 4 is 17.5 Å². The Morgan fingerprint density at radius 1 is 1.25 bits per heavy atom. The minimum Gasteiger partial charge on any atom is -0.378 e. The number of hydrogen-bond acceptors (Lipinski definition) is 6. The monoisotopic (exact) mass is 382 g/mol. The fourth-order valence-corrected chi connectivity index (χ4v) is 3.62. The molecule has 2 aromatic rings. The molecule has 0 aliphatic carbocycles. The third-order valence-electron chi connectivity index (χ3n) is 5.06. The number of urea groups is 1. The van der Waals surface area contributed by atoms with Crippen molar-refractivity contribution in [2.75, 3.05) is 43.1 Å². The Morgan fingerprint density at radius 2 is 2.00 bits per heavy atom. The van der Waals surface area contributed by atoms with Gasteiger partial charge in [-0.3, -0.25) is 0 Å². The first-order valence-electron chi connectivity index (χ1n) is 9.78. The summed E-state index contributed by atoms with van der Waals surface area (Å²) in [6, 6.07) is 7.66. The molecule has 3 N–H and O–H groups in total. The fraction of sp³-hybridized carbons (Fsp3) is 0.450. The number of morpholine rings is 1. The molecule has 0 bridgehead atoms. The van der Waals surface area contributed by atoms with Gasteiger partial charge in [0.15, 0.2) is 5.82 Å². The number of carbonyl (C=O) groups excluding carboxylic acids is 1. The number of carbonyl (C=O) groups is 1. The van der Waals surface area contributed by atoms with Gasteiger partial charge in [-0.15, -0.1) is 0 Å². The number of anilines is 2. The van der Waals surface area contributed by atoms with Crippen LogP contribution < -0.4 is 20.9 Å². The molecule has 148 valence electrons. The molecule has 2 amide bonds. The van der Waals surface area contributed by atoms with Crippen molar-refractivity contribution in [1.82, 2.24) is 20.6 Å². The van der Waals surface area contributed by atoms with Gasteiger partial charge in [0.2, 0.25) is 0 Å². The van der Waals surface area contributed by atoms with Crippen LogP contribution in [0.2, 0.25) is 0 Å². The van der Waals surface area contributed by atoms with Gasteiger partial charge in [0.25, 0.3) is 0 Å². The first kappa shape index (κ1) is 18.6. The van der Waals surface area contributed by atoms with E-state index in [0.29, 0.717) is 12.4 Å². The van der Waals surface area contributed by atoms with E-state index in [4.69, 9.17) is 14.7 Å². The van der Waals surface area contributed by atoms with E-state index in [0.717, 1.165) is 55.6 Å². The van der Waals surface area contributed by atoms with Gasteiger partial charge in [-0.2, -0.15) is 0 Å². The van der Waals surface area contributed by atoms with E-state index in [1.165, 1.54) is 5.56 Å². The Morgan fingerprint density at radius 3 is 2.71 bits per heavy atom. The summed E-state index contributed by atoms with van der Waals surface area (Å²) in [4.78, 5) is 23.7. The molecule has 8 nitrogen and oxygen atoms in total. The summed E-state index contributed by atoms with van der Waals surface area (Å²) < 4.78 is 5.50. The highest BCUT2D eigenvalue weighted by Crippen LogP contribution is 2.34. The SMILES string of the molecule is CCNC(=O)Nc1ccc(-c2nc3c(c(N4CCOCC4)n2)C(C)NC3)cc1. The van der Waals surface area contributed by atoms with Gasteiger partial charge in [0.1, 0.15) is 5.82 Å². The van der Waals surface area contributed by atoms with Crippen molar-refractivity contribution in [2.24, 2.45) is 0 Å². The van der Waals surface area contributed by atoms with Crippen molar-refractivity contribution in [3.63, 3.8) is 0 Å². The molecule has 1 unspecified atom stereocenters. The van der Waals surface area contributed by atoms with E-state index < -0.39 is 0 Å². The summed E-state index contributed by atoms with van der Waals surface area (Å²) in [6.07, 6.45) is 0. The van der Waals surface area contributed by atoms with Crippen LogP contribution in [0.25, 0.3) is 11.4 Å². The molecular weight excluding hydrogens is 356 g/mol. The molecule has 0 saturated carbocycles. The summed E-state index contributed by atoms with van der Waals surface area (Å²) in [5, 5.41) is 9.00. The molecule has 0 spiro atoms. The van der Waals surface area contributed by atoms with E-state index in [2.05, 4.69) is 27.8 Å². The molecule has 1 aromatic carbocycles. The van der Waals surface area contributed by atoms with Crippen LogP contribution in [0.5, 0.6) is 0 Å². The highest BCUT2D eigenvalue weighted by molar-refractivity contribution is 5.89. The maximum atomic E-state index is 11.7. The van der Waals surface area contributed by atoms with E-state index in [-0.39, 0.29) is 12.1 Å². The summed E-state index contributed by atoms with van der Waals surface area (Å²) in [5.74, 6) is 1.71. The van der Waals surface area contributed by atoms with Crippen molar-refractivity contribution < 1.29 is 9.53 Å². The maximum Gasteiger partial charge on any atom is 0.319 e. The second kappa shape index (κ2) is 8.12. The van der Waals surface area contributed by atoms with Crippen LogP contribution in [0.15, 0.2) is 24.3 Å². The van der Waals surface area contributed by atoms with Crippen LogP contribution in [-0.2, 0) is 11.3 Å². The van der Waals surface area contributed by atoms with Gasteiger partial charge in [-0.1, -0.05) is 0 Å². The van der Waals surface area contributed by atoms with Crippen LogP contribution in [-0.4, -0.2) is 48.8 Å². The Labute approximate surface area is 164 Å². The third kappa shape index (κ3) is 3.79. The second-order valence-corrected chi connectivity index (χ2v) is 7.00. The lowest BCUT2D eigenvalue weighted by Crippen LogP contribution is -2.37. The molecule has 1 atom stereocenters. The molecular formula is C20H26N6O2. The molecule has 3 heterocycles. The number of nitrogens with one attached hydrogen (secondary N) is 3. The molecule has 2 aliphatic rings. The van der Waals surface area contributed by atoms with Crippen LogP contribution in [0, 0.1) is 0 Å². The van der Waals surface area contributed by atoms with E-state index in [9.17, 15) is 4.79 Å². The highest BCUT2D eigenvalue weighted by atomic mass is 16.5. The molecule has 28 heavy (non-hydrogen) atoms. The predicted octanol–water partition coefficient (Wildman–Crippen LogP) is 2.29. The lowest BCUT2D eigenvalue weighted by molar-refractivity contribution is 0.122. The molecule has 0 radical (unpaired) electrons. The summed E-state index contributed by atoms with van der Waals surface area (Å²) in [5.41, 5.74) is 3.92. The summed E-state index contributed by atoms with van der Waals surface area (Å²) in [7, 11) is 0. The zero-order chi connectivity index (χ0) is 19.5. The van der Waals surface area contributed by atoms with Crippen molar-refractivity contribution in [3.8, 4) is 11.4 Å². The second-order valence-electron chi connectivity index (χ2n) is 7.00. The minimum atomic E-state index is -0.210. The number of nitrogens with zero attached hydrogens (tertiary/aromatic N) is 3. The first-order chi connectivity index (χ1) is 13.7. The first-order valence-corrected chi connectivity index (χ1v) is 9.78. The minimum absolute atomic E-state index is 0.210. The number of ether oxygens (including phenoxy) is 1. The van der Waals surface area contributed by atoms with Crippen molar-refractivity contribution in [1.29, 1.82) is 0 Å². The van der Waals surface area contributed by atoms with Gasteiger partial charge < -0.3 is 25.6 Å². The van der Waals surface area contributed by atoms with Crippen molar-refractivity contribution in [2.45, 2.75) is 26.4 Å². The summed E-state index contributed by atoms with van der Waals surface area (Å²) >= 11 is 0. The maximum absolute atomic E-state index is 11.7. The fourth-order valence-electron chi connectivity index (χ4n) is 3.62. The van der Waals surface area contributed by atoms with Gasteiger partial charge in [-0.05, 0) is 38.1 Å². The largest absolute Gasteiger partial charge is 0.378 e. The average Bonchev–Trinajstić information content (AvgIpc) is 3.10. The Kier molecular flexibility index (Phi) is 5.40. The number of fused-ring (bicyclic) bond motifs is 1.